The summed E-state index contributed by atoms with van der Waals surface area (Å²) in [7, 11) is 0. The molecule has 2 atom stereocenters. The van der Waals surface area contributed by atoms with Crippen LogP contribution in [0.1, 0.15) is 44.2 Å². The maximum Gasteiger partial charge on any atom is 0.315 e. The lowest BCUT2D eigenvalue weighted by Gasteiger charge is -2.30. The highest BCUT2D eigenvalue weighted by atomic mass is 32.2. The van der Waals surface area contributed by atoms with Crippen LogP contribution in [0.2, 0.25) is 0 Å². The summed E-state index contributed by atoms with van der Waals surface area (Å²) < 4.78 is 13.5. The smallest absolute Gasteiger partial charge is 0.315 e. The second kappa shape index (κ2) is 8.90. The van der Waals surface area contributed by atoms with Crippen molar-refractivity contribution >= 4 is 17.8 Å². The molecule has 2 N–H and O–H groups in total. The molecule has 1 fully saturated rings. The number of thioether (sulfide) groups is 1. The fourth-order valence-electron chi connectivity index (χ4n) is 3.72. The molecule has 25 heavy (non-hydrogen) atoms. The number of piperidine rings is 1. The van der Waals surface area contributed by atoms with Gasteiger partial charge in [0.2, 0.25) is 0 Å². The third-order valence-corrected chi connectivity index (χ3v) is 6.12. The maximum absolute atomic E-state index is 13.5. The van der Waals surface area contributed by atoms with Gasteiger partial charge in [0.05, 0.1) is 6.04 Å². The predicted octanol–water partition coefficient (Wildman–Crippen LogP) is 3.78. The van der Waals surface area contributed by atoms with E-state index in [1.54, 1.807) is 23.9 Å². The molecule has 2 amide bonds. The van der Waals surface area contributed by atoms with Crippen molar-refractivity contribution < 1.29 is 9.18 Å². The number of rotatable bonds is 5. The minimum absolute atomic E-state index is 0.102. The van der Waals surface area contributed by atoms with Crippen LogP contribution in [-0.4, -0.2) is 42.9 Å². The first-order valence-electron chi connectivity index (χ1n) is 9.31. The van der Waals surface area contributed by atoms with Crippen LogP contribution in [0, 0.1) is 11.7 Å². The van der Waals surface area contributed by atoms with E-state index in [4.69, 9.17) is 0 Å². The van der Waals surface area contributed by atoms with E-state index in [2.05, 4.69) is 22.5 Å². The fraction of sp³-hybridized carbons (Fsp3) is 0.632. The number of nitrogens with zero attached hydrogens (tertiary/aromatic N) is 1. The van der Waals surface area contributed by atoms with Crippen molar-refractivity contribution in [3.05, 3.63) is 29.6 Å². The van der Waals surface area contributed by atoms with E-state index in [1.165, 1.54) is 32.0 Å². The molecule has 3 rings (SSSR count). The quantitative estimate of drug-likeness (QED) is 0.781. The van der Waals surface area contributed by atoms with Gasteiger partial charge in [0.15, 0.2) is 0 Å². The number of halogens is 1. The van der Waals surface area contributed by atoms with Crippen LogP contribution in [0.25, 0.3) is 0 Å². The zero-order valence-corrected chi connectivity index (χ0v) is 15.7. The van der Waals surface area contributed by atoms with Gasteiger partial charge in [-0.25, -0.2) is 9.18 Å². The van der Waals surface area contributed by atoms with Crippen LogP contribution in [0.5, 0.6) is 0 Å². The summed E-state index contributed by atoms with van der Waals surface area (Å²) in [4.78, 5) is 15.7. The van der Waals surface area contributed by atoms with Gasteiger partial charge in [-0.2, -0.15) is 0 Å². The first kappa shape index (κ1) is 18.5. The largest absolute Gasteiger partial charge is 0.338 e. The molecule has 0 aromatic heterocycles. The van der Waals surface area contributed by atoms with Crippen molar-refractivity contribution in [1.82, 2.24) is 15.5 Å². The highest BCUT2D eigenvalue weighted by Crippen LogP contribution is 2.36. The number of likely N-dealkylation sites (tertiary alicyclic amines) is 1. The lowest BCUT2D eigenvalue weighted by atomic mass is 10.0. The van der Waals surface area contributed by atoms with Gasteiger partial charge in [0.1, 0.15) is 5.82 Å². The van der Waals surface area contributed by atoms with Crippen LogP contribution >= 0.6 is 11.8 Å². The van der Waals surface area contributed by atoms with E-state index in [9.17, 15) is 9.18 Å². The number of urea groups is 1. The topological polar surface area (TPSA) is 44.4 Å². The molecule has 0 radical (unpaired) electrons. The first-order chi connectivity index (χ1) is 12.1. The van der Waals surface area contributed by atoms with Crippen molar-refractivity contribution in [3.63, 3.8) is 0 Å². The third kappa shape index (κ3) is 5.35. The Bertz CT molecular complexity index is 598. The molecule has 6 heteroatoms. The molecular formula is C19H28FN3OS. The summed E-state index contributed by atoms with van der Waals surface area (Å²) in [5.74, 6) is 1.48. The molecule has 138 valence electrons. The Morgan fingerprint density at radius 3 is 3.12 bits per heavy atom. The molecule has 1 aromatic carbocycles. The number of hydrogen-bond acceptors (Lipinski definition) is 3. The Kier molecular flexibility index (Phi) is 6.59. The Labute approximate surface area is 153 Å². The summed E-state index contributed by atoms with van der Waals surface area (Å²) in [6.07, 6.45) is 4.41. The first-order valence-corrected chi connectivity index (χ1v) is 10.3. The second-order valence-electron chi connectivity index (χ2n) is 7.17. The second-order valence-corrected chi connectivity index (χ2v) is 8.31. The summed E-state index contributed by atoms with van der Waals surface area (Å²) >= 11 is 1.72. The predicted molar refractivity (Wildman–Crippen MR) is 100 cm³/mol. The summed E-state index contributed by atoms with van der Waals surface area (Å²) in [6.45, 7) is 6.38. The van der Waals surface area contributed by atoms with Crippen LogP contribution in [0.3, 0.4) is 0 Å². The average Bonchev–Trinajstić information content (AvgIpc) is 2.59. The van der Waals surface area contributed by atoms with E-state index >= 15 is 0 Å². The molecule has 2 aliphatic heterocycles. The number of carbonyl (C=O) groups excluding carboxylic acids is 1. The number of fused-ring (bicyclic) bond motifs is 1. The SMILES string of the molecule is CC1CCCN(CCCNC(=O)NC2CCSc3ccc(F)cc32)C1. The zero-order valence-electron chi connectivity index (χ0n) is 14.9. The van der Waals surface area contributed by atoms with Crippen LogP contribution in [0.15, 0.2) is 23.1 Å². The number of carbonyl (C=O) groups is 1. The van der Waals surface area contributed by atoms with E-state index in [1.807, 2.05) is 0 Å². The van der Waals surface area contributed by atoms with Crippen molar-refractivity contribution in [2.75, 3.05) is 31.9 Å². The monoisotopic (exact) mass is 365 g/mol. The average molecular weight is 366 g/mol. The Balaban J connectivity index is 1.41. The summed E-state index contributed by atoms with van der Waals surface area (Å²) in [6, 6.07) is 4.58. The van der Waals surface area contributed by atoms with Crippen LogP contribution in [0.4, 0.5) is 9.18 Å². The van der Waals surface area contributed by atoms with Gasteiger partial charge in [-0.05, 0) is 68.5 Å². The standard InChI is InChI=1S/C19H28FN3OS/c1-14-4-2-9-23(13-14)10-3-8-21-19(24)22-17-7-11-25-18-6-5-15(20)12-16(17)18/h5-6,12,14,17H,2-4,7-11,13H2,1H3,(H2,21,22,24). The highest BCUT2D eigenvalue weighted by molar-refractivity contribution is 7.99. The highest BCUT2D eigenvalue weighted by Gasteiger charge is 2.23. The third-order valence-electron chi connectivity index (χ3n) is 4.99. The van der Waals surface area contributed by atoms with Crippen molar-refractivity contribution in [1.29, 1.82) is 0 Å². The van der Waals surface area contributed by atoms with Gasteiger partial charge in [0.25, 0.3) is 0 Å². The minimum Gasteiger partial charge on any atom is -0.338 e. The van der Waals surface area contributed by atoms with Gasteiger partial charge in [-0.15, -0.1) is 11.8 Å². The van der Waals surface area contributed by atoms with Crippen molar-refractivity contribution in [2.45, 2.75) is 43.5 Å². The van der Waals surface area contributed by atoms with E-state index < -0.39 is 0 Å². The van der Waals surface area contributed by atoms with Gasteiger partial charge < -0.3 is 15.5 Å². The van der Waals surface area contributed by atoms with Crippen molar-refractivity contribution in [2.24, 2.45) is 5.92 Å². The number of benzene rings is 1. The van der Waals surface area contributed by atoms with Crippen LogP contribution in [-0.2, 0) is 0 Å². The molecule has 4 nitrogen and oxygen atoms in total. The molecule has 1 aromatic rings. The van der Waals surface area contributed by atoms with Crippen molar-refractivity contribution in [3.8, 4) is 0 Å². The van der Waals surface area contributed by atoms with Gasteiger partial charge in [-0.3, -0.25) is 0 Å². The Morgan fingerprint density at radius 1 is 1.40 bits per heavy atom. The number of nitrogens with one attached hydrogen (secondary N) is 2. The van der Waals surface area contributed by atoms with Crippen LogP contribution < -0.4 is 10.6 Å². The normalized spacial score (nSPS) is 23.8. The number of hydrogen-bond donors (Lipinski definition) is 2. The molecular weight excluding hydrogens is 337 g/mol. The molecule has 1 saturated heterocycles. The Hall–Kier alpha value is -1.27. The lowest BCUT2D eigenvalue weighted by molar-refractivity contribution is 0.181. The molecule has 0 bridgehead atoms. The van der Waals surface area contributed by atoms with E-state index in [-0.39, 0.29) is 17.9 Å². The summed E-state index contributed by atoms with van der Waals surface area (Å²) in [5, 5.41) is 5.95. The van der Waals surface area contributed by atoms with Gasteiger partial charge in [0, 0.05) is 23.7 Å². The fourth-order valence-corrected chi connectivity index (χ4v) is 4.82. The molecule has 0 spiro atoms. The minimum atomic E-state index is -0.246. The van der Waals surface area contributed by atoms with Gasteiger partial charge >= 0.3 is 6.03 Å². The molecule has 2 heterocycles. The molecule has 0 aliphatic carbocycles. The number of amides is 2. The van der Waals surface area contributed by atoms with E-state index in [0.29, 0.717) is 6.54 Å². The lowest BCUT2D eigenvalue weighted by Crippen LogP contribution is -2.41. The molecule has 2 aliphatic rings. The van der Waals surface area contributed by atoms with Gasteiger partial charge in [-0.1, -0.05) is 6.92 Å². The van der Waals surface area contributed by atoms with E-state index in [0.717, 1.165) is 41.5 Å². The zero-order chi connectivity index (χ0) is 17.6. The maximum atomic E-state index is 13.5. The molecule has 2 unspecified atom stereocenters. The Morgan fingerprint density at radius 2 is 2.28 bits per heavy atom. The molecule has 0 saturated carbocycles. The summed E-state index contributed by atoms with van der Waals surface area (Å²) in [5.41, 5.74) is 0.897.